The van der Waals surface area contributed by atoms with Crippen molar-refractivity contribution in [1.29, 1.82) is 0 Å². The minimum atomic E-state index is -1.01. The van der Waals surface area contributed by atoms with Crippen molar-refractivity contribution >= 4 is 44.1 Å². The van der Waals surface area contributed by atoms with Gasteiger partial charge in [0, 0.05) is 5.56 Å². The second kappa shape index (κ2) is 8.84. The molecule has 1 unspecified atom stereocenters. The number of Topliss-reactive ketones (excluding diaryl/α,β-unsaturated/α-hetero) is 1. The van der Waals surface area contributed by atoms with Gasteiger partial charge in [-0.2, -0.15) is 0 Å². The average Bonchev–Trinajstić information content (AvgIpc) is 3.38. The molecule has 0 saturated carbocycles. The number of amides is 1. The lowest BCUT2D eigenvalue weighted by atomic mass is 9.95. The van der Waals surface area contributed by atoms with Gasteiger partial charge >= 0.3 is 5.91 Å². The number of fused-ring (bicyclic) bond motifs is 1. The molecule has 1 aliphatic rings. The number of hydrogen-bond donors (Lipinski definition) is 2. The topological polar surface area (TPSA) is 100.0 Å². The highest BCUT2D eigenvalue weighted by Gasteiger charge is 2.48. The number of ether oxygens (including phenoxy) is 1. The van der Waals surface area contributed by atoms with Gasteiger partial charge in [-0.15, -0.1) is 0 Å². The van der Waals surface area contributed by atoms with E-state index >= 15 is 0 Å². The molecule has 2 heterocycles. The van der Waals surface area contributed by atoms with Crippen LogP contribution in [-0.4, -0.2) is 33.5 Å². The number of halogens is 1. The van der Waals surface area contributed by atoms with Crippen LogP contribution in [0.1, 0.15) is 24.1 Å². The van der Waals surface area contributed by atoms with Crippen LogP contribution in [0.3, 0.4) is 0 Å². The van der Waals surface area contributed by atoms with Crippen molar-refractivity contribution in [3.63, 3.8) is 0 Å². The fraction of sp³-hybridized carbons (Fsp3) is 0.115. The average molecular weight is 491 g/mol. The Kier molecular flexibility index (Phi) is 5.70. The lowest BCUT2D eigenvalue weighted by molar-refractivity contribution is -0.132. The summed E-state index contributed by atoms with van der Waals surface area (Å²) in [7, 11) is 0. The number of benzene rings is 3. The Labute approximate surface area is 203 Å². The standard InChI is InChI=1S/C26H19FN2O5S/c1-2-34-18-11-12-19-20(13-18)35-26(28-19)29-22(14-5-9-17(30)10-6-14)21(24(32)25(29)33)23(31)15-3-7-16(27)8-4-15/h3-13,22,30-31H,2H2,1H3/b23-21+. The molecule has 1 amide bonds. The predicted molar refractivity (Wildman–Crippen MR) is 130 cm³/mol. The molecule has 1 aliphatic heterocycles. The van der Waals surface area contributed by atoms with Crippen LogP contribution >= 0.6 is 11.3 Å². The quantitative estimate of drug-likeness (QED) is 0.228. The van der Waals surface area contributed by atoms with Crippen LogP contribution in [-0.2, 0) is 9.59 Å². The number of hydrogen-bond acceptors (Lipinski definition) is 7. The van der Waals surface area contributed by atoms with Crippen LogP contribution < -0.4 is 9.64 Å². The molecule has 1 fully saturated rings. The van der Waals surface area contributed by atoms with E-state index in [0.717, 1.165) is 16.8 Å². The highest BCUT2D eigenvalue weighted by Crippen LogP contribution is 2.44. The van der Waals surface area contributed by atoms with Crippen molar-refractivity contribution in [2.45, 2.75) is 13.0 Å². The largest absolute Gasteiger partial charge is 0.508 e. The second-order valence-electron chi connectivity index (χ2n) is 7.83. The Morgan fingerprint density at radius 3 is 2.49 bits per heavy atom. The predicted octanol–water partition coefficient (Wildman–Crippen LogP) is 5.17. The van der Waals surface area contributed by atoms with Gasteiger partial charge in [-0.3, -0.25) is 14.5 Å². The maximum Gasteiger partial charge on any atom is 0.301 e. The van der Waals surface area contributed by atoms with Crippen molar-refractivity contribution in [2.24, 2.45) is 0 Å². The molecule has 2 N–H and O–H groups in total. The number of phenols is 1. The van der Waals surface area contributed by atoms with E-state index < -0.39 is 29.3 Å². The molecule has 5 rings (SSSR count). The Morgan fingerprint density at radius 2 is 1.80 bits per heavy atom. The molecule has 176 valence electrons. The van der Waals surface area contributed by atoms with Gasteiger partial charge in [0.05, 0.1) is 28.4 Å². The normalized spacial score (nSPS) is 17.3. The third-order valence-corrected chi connectivity index (χ3v) is 6.65. The van der Waals surface area contributed by atoms with Crippen LogP contribution in [0.2, 0.25) is 0 Å². The van der Waals surface area contributed by atoms with Gasteiger partial charge in [0.1, 0.15) is 23.1 Å². The number of aromatic hydroxyl groups is 1. The second-order valence-corrected chi connectivity index (χ2v) is 8.84. The molecule has 3 aromatic carbocycles. The number of carbonyl (C=O) groups is 2. The van der Waals surface area contributed by atoms with E-state index in [0.29, 0.717) is 23.4 Å². The molecule has 0 radical (unpaired) electrons. The molecular formula is C26H19FN2O5S. The molecule has 0 aliphatic carbocycles. The number of aliphatic hydroxyl groups is 1. The minimum Gasteiger partial charge on any atom is -0.508 e. The van der Waals surface area contributed by atoms with E-state index in [1.54, 1.807) is 24.3 Å². The van der Waals surface area contributed by atoms with Gasteiger partial charge in [0.25, 0.3) is 5.78 Å². The van der Waals surface area contributed by atoms with E-state index in [1.165, 1.54) is 40.5 Å². The molecule has 1 aromatic heterocycles. The van der Waals surface area contributed by atoms with Gasteiger partial charge in [0.2, 0.25) is 0 Å². The molecule has 35 heavy (non-hydrogen) atoms. The maximum atomic E-state index is 13.4. The Balaban J connectivity index is 1.69. The molecule has 1 saturated heterocycles. The summed E-state index contributed by atoms with van der Waals surface area (Å²) in [6.07, 6.45) is 0. The summed E-state index contributed by atoms with van der Waals surface area (Å²) < 4.78 is 19.7. The number of aliphatic hydroxyl groups excluding tert-OH is 1. The number of aromatic nitrogens is 1. The van der Waals surface area contributed by atoms with E-state index in [2.05, 4.69) is 4.98 Å². The van der Waals surface area contributed by atoms with Gasteiger partial charge in [-0.1, -0.05) is 23.5 Å². The molecule has 7 nitrogen and oxygen atoms in total. The summed E-state index contributed by atoms with van der Waals surface area (Å²) in [5.41, 5.74) is 1.15. The Hall–Kier alpha value is -4.24. The lowest BCUT2D eigenvalue weighted by Crippen LogP contribution is -2.29. The highest BCUT2D eigenvalue weighted by molar-refractivity contribution is 7.22. The van der Waals surface area contributed by atoms with Gasteiger partial charge in [-0.05, 0) is 67.1 Å². The monoisotopic (exact) mass is 490 g/mol. The van der Waals surface area contributed by atoms with Crippen LogP contribution in [0, 0.1) is 5.82 Å². The molecule has 1 atom stereocenters. The zero-order valence-electron chi connectivity index (χ0n) is 18.4. The summed E-state index contributed by atoms with van der Waals surface area (Å²) in [6, 6.07) is 15.3. The summed E-state index contributed by atoms with van der Waals surface area (Å²) in [5, 5.41) is 21.1. The number of phenolic OH excluding ortho intramolecular Hbond substituents is 1. The summed E-state index contributed by atoms with van der Waals surface area (Å²) in [4.78, 5) is 32.3. The van der Waals surface area contributed by atoms with Crippen molar-refractivity contribution in [3.8, 4) is 11.5 Å². The Morgan fingerprint density at radius 1 is 1.09 bits per heavy atom. The van der Waals surface area contributed by atoms with Crippen LogP contribution in [0.15, 0.2) is 72.3 Å². The van der Waals surface area contributed by atoms with Gasteiger partial charge in [0.15, 0.2) is 5.13 Å². The van der Waals surface area contributed by atoms with E-state index in [4.69, 9.17) is 4.74 Å². The zero-order chi connectivity index (χ0) is 24.7. The van der Waals surface area contributed by atoms with Crippen LogP contribution in [0.5, 0.6) is 11.5 Å². The first-order chi connectivity index (χ1) is 16.9. The third kappa shape index (κ3) is 4.00. The SMILES string of the molecule is CCOc1ccc2nc(N3C(=O)C(=O)/C(=C(/O)c4ccc(F)cc4)C3c3ccc(O)cc3)sc2c1. The maximum absolute atomic E-state index is 13.4. The third-order valence-electron chi connectivity index (χ3n) is 5.64. The smallest absolute Gasteiger partial charge is 0.301 e. The van der Waals surface area contributed by atoms with Crippen molar-refractivity contribution < 1.29 is 28.9 Å². The summed E-state index contributed by atoms with van der Waals surface area (Å²) >= 11 is 1.21. The van der Waals surface area contributed by atoms with Crippen molar-refractivity contribution in [2.75, 3.05) is 11.5 Å². The molecule has 0 bridgehead atoms. The molecule has 4 aromatic rings. The number of ketones is 1. The number of carbonyl (C=O) groups excluding carboxylic acids is 2. The van der Waals surface area contributed by atoms with Gasteiger partial charge in [-0.25, -0.2) is 9.37 Å². The summed E-state index contributed by atoms with van der Waals surface area (Å²) in [5.74, 6) is -2.01. The number of thiazole rings is 1. The first kappa shape index (κ1) is 22.5. The number of nitrogens with zero attached hydrogens (tertiary/aromatic N) is 2. The van der Waals surface area contributed by atoms with E-state index in [9.17, 15) is 24.2 Å². The zero-order valence-corrected chi connectivity index (χ0v) is 19.3. The highest BCUT2D eigenvalue weighted by atomic mass is 32.1. The Bertz CT molecular complexity index is 1480. The minimum absolute atomic E-state index is 0.00711. The van der Waals surface area contributed by atoms with E-state index in [1.807, 2.05) is 13.0 Å². The lowest BCUT2D eigenvalue weighted by Gasteiger charge is -2.23. The first-order valence-electron chi connectivity index (χ1n) is 10.8. The van der Waals surface area contributed by atoms with E-state index in [-0.39, 0.29) is 22.0 Å². The van der Waals surface area contributed by atoms with Gasteiger partial charge < -0.3 is 14.9 Å². The number of rotatable bonds is 5. The molecule has 9 heteroatoms. The van der Waals surface area contributed by atoms with Crippen LogP contribution in [0.25, 0.3) is 16.0 Å². The summed E-state index contributed by atoms with van der Waals surface area (Å²) in [6.45, 7) is 2.37. The van der Waals surface area contributed by atoms with Crippen molar-refractivity contribution in [3.05, 3.63) is 89.2 Å². The fourth-order valence-electron chi connectivity index (χ4n) is 4.02. The fourth-order valence-corrected chi connectivity index (χ4v) is 5.04. The van der Waals surface area contributed by atoms with Crippen molar-refractivity contribution in [1.82, 2.24) is 4.98 Å². The molecular weight excluding hydrogens is 471 g/mol. The first-order valence-corrected chi connectivity index (χ1v) is 11.6. The number of anilines is 1. The molecule has 0 spiro atoms. The van der Waals surface area contributed by atoms with Crippen LogP contribution in [0.4, 0.5) is 9.52 Å².